The first kappa shape index (κ1) is 24.7. The molecule has 176 valence electrons. The van der Waals surface area contributed by atoms with E-state index in [2.05, 4.69) is 22.5 Å². The van der Waals surface area contributed by atoms with Gasteiger partial charge in [0.1, 0.15) is 5.75 Å². The summed E-state index contributed by atoms with van der Waals surface area (Å²) in [6.07, 6.45) is 3.29. The summed E-state index contributed by atoms with van der Waals surface area (Å²) in [5.74, 6) is 0.363. The maximum absolute atomic E-state index is 13.0. The van der Waals surface area contributed by atoms with Crippen molar-refractivity contribution in [1.29, 1.82) is 0 Å². The first-order chi connectivity index (χ1) is 16.0. The second-order valence-corrected chi connectivity index (χ2v) is 8.54. The summed E-state index contributed by atoms with van der Waals surface area (Å²) in [6, 6.07) is 14.2. The minimum Gasteiger partial charge on any atom is -0.494 e. The maximum atomic E-state index is 13.0. The normalized spacial score (nSPS) is 13.9. The fraction of sp³-hybridized carbons (Fsp3) is 0.400. The number of carbonyl (C=O) groups is 2. The van der Waals surface area contributed by atoms with E-state index in [4.69, 9.17) is 17.0 Å². The zero-order chi connectivity index (χ0) is 23.6. The van der Waals surface area contributed by atoms with E-state index in [0.717, 1.165) is 38.1 Å². The zero-order valence-electron chi connectivity index (χ0n) is 19.3. The monoisotopic (exact) mass is 468 g/mol. The van der Waals surface area contributed by atoms with Gasteiger partial charge in [-0.1, -0.05) is 31.9 Å². The van der Waals surface area contributed by atoms with Gasteiger partial charge in [0, 0.05) is 31.7 Å². The predicted octanol–water partition coefficient (Wildman–Crippen LogP) is 3.77. The Morgan fingerprint density at radius 2 is 1.70 bits per heavy atom. The van der Waals surface area contributed by atoms with E-state index in [1.54, 1.807) is 36.4 Å². The molecule has 0 atom stereocenters. The standard InChI is InChI=1S/C25H32N4O3S/c1-3-4-7-18-32-20-12-10-19(11-13-20)23(30)27-25(33)26-22-9-6-5-8-21(22)24(31)29-16-14-28(2)15-17-29/h5-6,8-13H,3-4,7,14-18H2,1-2H3,(H2,26,27,30,33). The van der Waals surface area contributed by atoms with Crippen molar-refractivity contribution in [3.8, 4) is 5.75 Å². The molecule has 8 heteroatoms. The molecule has 2 N–H and O–H groups in total. The molecule has 0 spiro atoms. The fourth-order valence-electron chi connectivity index (χ4n) is 3.53. The third-order valence-electron chi connectivity index (χ3n) is 5.56. The average molecular weight is 469 g/mol. The number of carbonyl (C=O) groups excluding carboxylic acids is 2. The van der Waals surface area contributed by atoms with E-state index in [0.29, 0.717) is 36.5 Å². The third-order valence-corrected chi connectivity index (χ3v) is 5.76. The largest absolute Gasteiger partial charge is 0.494 e. The Labute approximate surface area is 201 Å². The van der Waals surface area contributed by atoms with E-state index >= 15 is 0 Å². The number of thiocarbonyl (C=S) groups is 1. The summed E-state index contributed by atoms with van der Waals surface area (Å²) in [7, 11) is 2.05. The number of likely N-dealkylation sites (N-methyl/N-ethyl adjacent to an activating group) is 1. The number of piperazine rings is 1. The van der Waals surface area contributed by atoms with Crippen molar-refractivity contribution in [2.45, 2.75) is 26.2 Å². The molecule has 0 bridgehead atoms. The highest BCUT2D eigenvalue weighted by Crippen LogP contribution is 2.19. The zero-order valence-corrected chi connectivity index (χ0v) is 20.1. The number of rotatable bonds is 8. The molecule has 2 aromatic carbocycles. The van der Waals surface area contributed by atoms with Crippen molar-refractivity contribution in [2.24, 2.45) is 0 Å². The molecule has 1 heterocycles. The maximum Gasteiger partial charge on any atom is 0.257 e. The van der Waals surface area contributed by atoms with Crippen molar-refractivity contribution in [3.63, 3.8) is 0 Å². The van der Waals surface area contributed by atoms with Gasteiger partial charge < -0.3 is 19.9 Å². The lowest BCUT2D eigenvalue weighted by Crippen LogP contribution is -2.47. The van der Waals surface area contributed by atoms with E-state index in [1.807, 2.05) is 24.1 Å². The van der Waals surface area contributed by atoms with Crippen LogP contribution >= 0.6 is 12.2 Å². The number of hydrogen-bond acceptors (Lipinski definition) is 5. The molecule has 1 saturated heterocycles. The van der Waals surface area contributed by atoms with Crippen LogP contribution < -0.4 is 15.4 Å². The van der Waals surface area contributed by atoms with Crippen LogP contribution in [0.4, 0.5) is 5.69 Å². The molecule has 0 unspecified atom stereocenters. The van der Waals surface area contributed by atoms with Crippen molar-refractivity contribution in [2.75, 3.05) is 45.2 Å². The van der Waals surface area contributed by atoms with Gasteiger partial charge in [0.25, 0.3) is 11.8 Å². The third kappa shape index (κ3) is 7.27. The number of nitrogens with one attached hydrogen (secondary N) is 2. The number of anilines is 1. The number of benzene rings is 2. The van der Waals surface area contributed by atoms with Gasteiger partial charge in [0.05, 0.1) is 17.9 Å². The minimum absolute atomic E-state index is 0.0464. The second kappa shape index (κ2) is 12.3. The van der Waals surface area contributed by atoms with Crippen LogP contribution in [-0.2, 0) is 0 Å². The quantitative estimate of drug-likeness (QED) is 0.454. The number of unbranched alkanes of at least 4 members (excludes halogenated alkanes) is 2. The molecule has 2 amide bonds. The molecule has 0 radical (unpaired) electrons. The molecule has 0 aromatic heterocycles. The van der Waals surface area contributed by atoms with E-state index in [-0.39, 0.29) is 16.9 Å². The van der Waals surface area contributed by atoms with Gasteiger partial charge in [-0.25, -0.2) is 0 Å². The number of hydrogen-bond donors (Lipinski definition) is 2. The molecule has 3 rings (SSSR count). The molecule has 1 fully saturated rings. The molecule has 1 aliphatic rings. The highest BCUT2D eigenvalue weighted by molar-refractivity contribution is 7.80. The van der Waals surface area contributed by atoms with Crippen molar-refractivity contribution >= 4 is 34.8 Å². The van der Waals surface area contributed by atoms with Gasteiger partial charge >= 0.3 is 0 Å². The Hall–Kier alpha value is -2.97. The molecule has 0 aliphatic carbocycles. The summed E-state index contributed by atoms with van der Waals surface area (Å²) in [5.41, 5.74) is 1.58. The first-order valence-corrected chi connectivity index (χ1v) is 11.8. The van der Waals surface area contributed by atoms with Gasteiger partial charge in [0.2, 0.25) is 0 Å². The van der Waals surface area contributed by atoms with Gasteiger partial charge in [-0.15, -0.1) is 0 Å². The van der Waals surface area contributed by atoms with Crippen LogP contribution in [0.25, 0.3) is 0 Å². The Kier molecular flexibility index (Phi) is 9.21. The Morgan fingerprint density at radius 3 is 2.39 bits per heavy atom. The van der Waals surface area contributed by atoms with Crippen LogP contribution in [0, 0.1) is 0 Å². The summed E-state index contributed by atoms with van der Waals surface area (Å²) in [4.78, 5) is 29.7. The Bertz CT molecular complexity index is 956. The fourth-order valence-corrected chi connectivity index (χ4v) is 3.73. The van der Waals surface area contributed by atoms with Gasteiger partial charge in [-0.2, -0.15) is 0 Å². The van der Waals surface area contributed by atoms with Crippen molar-refractivity contribution < 1.29 is 14.3 Å². The van der Waals surface area contributed by atoms with Gasteiger partial charge in [0.15, 0.2) is 5.11 Å². The van der Waals surface area contributed by atoms with Crippen LogP contribution in [0.3, 0.4) is 0 Å². The summed E-state index contributed by atoms with van der Waals surface area (Å²) < 4.78 is 5.69. The Morgan fingerprint density at radius 1 is 1.00 bits per heavy atom. The number of nitrogens with zero attached hydrogens (tertiary/aromatic N) is 2. The van der Waals surface area contributed by atoms with Crippen LogP contribution in [-0.4, -0.2) is 66.6 Å². The van der Waals surface area contributed by atoms with Crippen molar-refractivity contribution in [3.05, 3.63) is 59.7 Å². The summed E-state index contributed by atoms with van der Waals surface area (Å²) in [6.45, 7) is 5.87. The highest BCUT2D eigenvalue weighted by atomic mass is 32.1. The van der Waals surface area contributed by atoms with Crippen LogP contribution in [0.1, 0.15) is 46.9 Å². The van der Waals surface area contributed by atoms with Gasteiger partial charge in [-0.3, -0.25) is 14.9 Å². The van der Waals surface area contributed by atoms with Crippen molar-refractivity contribution in [1.82, 2.24) is 15.1 Å². The number of ether oxygens (including phenoxy) is 1. The Balaban J connectivity index is 1.56. The smallest absolute Gasteiger partial charge is 0.257 e. The molecule has 1 aliphatic heterocycles. The summed E-state index contributed by atoms with van der Waals surface area (Å²) >= 11 is 5.34. The molecular weight excluding hydrogens is 436 g/mol. The molecular formula is C25H32N4O3S. The second-order valence-electron chi connectivity index (χ2n) is 8.13. The van der Waals surface area contributed by atoms with Crippen LogP contribution in [0.2, 0.25) is 0 Å². The number of para-hydroxylation sites is 1. The lowest BCUT2D eigenvalue weighted by atomic mass is 10.1. The lowest BCUT2D eigenvalue weighted by Gasteiger charge is -2.32. The van der Waals surface area contributed by atoms with Gasteiger partial charge in [-0.05, 0) is 62.1 Å². The van der Waals surface area contributed by atoms with Crippen LogP contribution in [0.15, 0.2) is 48.5 Å². The highest BCUT2D eigenvalue weighted by Gasteiger charge is 2.22. The van der Waals surface area contributed by atoms with E-state index < -0.39 is 0 Å². The molecule has 2 aromatic rings. The SMILES string of the molecule is CCCCCOc1ccc(C(=O)NC(=S)Nc2ccccc2C(=O)N2CCN(C)CC2)cc1. The molecule has 7 nitrogen and oxygen atoms in total. The van der Waals surface area contributed by atoms with E-state index in [1.165, 1.54) is 0 Å². The topological polar surface area (TPSA) is 73.9 Å². The number of amides is 2. The average Bonchev–Trinajstić information content (AvgIpc) is 2.82. The van der Waals surface area contributed by atoms with E-state index in [9.17, 15) is 9.59 Å². The predicted molar refractivity (Wildman–Crippen MR) is 135 cm³/mol. The summed E-state index contributed by atoms with van der Waals surface area (Å²) in [5, 5.41) is 5.83. The first-order valence-electron chi connectivity index (χ1n) is 11.4. The molecule has 33 heavy (non-hydrogen) atoms. The van der Waals surface area contributed by atoms with Crippen LogP contribution in [0.5, 0.6) is 5.75 Å². The molecule has 0 saturated carbocycles. The minimum atomic E-state index is -0.326. The lowest BCUT2D eigenvalue weighted by molar-refractivity contribution is 0.0665.